The Kier molecular flexibility index (Phi) is 23.0. The van der Waals surface area contributed by atoms with E-state index in [9.17, 15) is 77.1 Å². The Morgan fingerprint density at radius 2 is 1.56 bits per heavy atom. The number of imide groups is 1. The Bertz CT molecular complexity index is 2850. The summed E-state index contributed by atoms with van der Waals surface area (Å²) in [5.41, 5.74) is 0.846. The largest absolute Gasteiger partial charge is 0.542 e. The molecule has 6 atom stereocenters. The number of aliphatic hydroxyl groups is 3. The minimum Gasteiger partial charge on any atom is -0.542 e. The number of ether oxygens (including phenoxy) is 3. The molecular formula is C54H64F3N7O18. The molecule has 0 saturated carbocycles. The number of unbranched alkanes of at least 4 members (excludes halogenated alkanes) is 1. The number of carboxylic acids is 2. The van der Waals surface area contributed by atoms with Crippen molar-refractivity contribution in [3.63, 3.8) is 0 Å². The van der Waals surface area contributed by atoms with E-state index < -0.39 is 96.7 Å². The number of alkyl carbamates (subject to hydrolysis) is 1. The van der Waals surface area contributed by atoms with Crippen LogP contribution in [0, 0.1) is 5.92 Å². The van der Waals surface area contributed by atoms with Gasteiger partial charge in [-0.3, -0.25) is 33.7 Å². The van der Waals surface area contributed by atoms with Gasteiger partial charge in [-0.1, -0.05) is 18.9 Å². The number of hydrogen-bond acceptors (Lipinski definition) is 17. The zero-order valence-corrected chi connectivity index (χ0v) is 44.7. The number of likely N-dealkylation sites (tertiary alicyclic amines) is 1. The summed E-state index contributed by atoms with van der Waals surface area (Å²) in [7, 11) is 0. The van der Waals surface area contributed by atoms with E-state index in [-0.39, 0.29) is 48.5 Å². The molecule has 25 nitrogen and oxygen atoms in total. The van der Waals surface area contributed by atoms with E-state index in [1.54, 1.807) is 74.1 Å². The highest BCUT2D eigenvalue weighted by atomic mass is 19.4. The van der Waals surface area contributed by atoms with Gasteiger partial charge in [-0.15, -0.1) is 0 Å². The third-order valence-corrected chi connectivity index (χ3v) is 12.6. The van der Waals surface area contributed by atoms with Gasteiger partial charge in [-0.2, -0.15) is 13.2 Å². The lowest BCUT2D eigenvalue weighted by Gasteiger charge is -2.38. The summed E-state index contributed by atoms with van der Waals surface area (Å²) < 4.78 is 49.7. The van der Waals surface area contributed by atoms with Gasteiger partial charge in [0, 0.05) is 73.6 Å². The van der Waals surface area contributed by atoms with Crippen LogP contribution in [0.25, 0.3) is 6.08 Å². The Labute approximate surface area is 467 Å². The lowest BCUT2D eigenvalue weighted by Crippen LogP contribution is -2.61. The van der Waals surface area contributed by atoms with E-state index in [0.717, 1.165) is 44.3 Å². The van der Waals surface area contributed by atoms with Crippen molar-refractivity contribution in [1.29, 1.82) is 0 Å². The number of aromatic nitrogens is 1. The molecule has 82 heavy (non-hydrogen) atoms. The van der Waals surface area contributed by atoms with Crippen LogP contribution in [-0.2, 0) is 49.6 Å². The quantitative estimate of drug-likeness (QED) is 0.0302. The van der Waals surface area contributed by atoms with Gasteiger partial charge >= 0.3 is 18.2 Å². The molecule has 28 heteroatoms. The van der Waals surface area contributed by atoms with Crippen molar-refractivity contribution in [2.24, 2.45) is 5.92 Å². The van der Waals surface area contributed by atoms with E-state index in [1.165, 1.54) is 30.3 Å². The number of benzene rings is 2. The first-order chi connectivity index (χ1) is 38.6. The lowest BCUT2D eigenvalue weighted by molar-refractivity contribution is -0.688. The number of pyridine rings is 1. The lowest BCUT2D eigenvalue weighted by atomic mass is 9.91. The Morgan fingerprint density at radius 1 is 0.878 bits per heavy atom. The smallest absolute Gasteiger partial charge is 0.430 e. The first-order valence-electron chi connectivity index (χ1n) is 25.7. The van der Waals surface area contributed by atoms with Crippen molar-refractivity contribution < 1.29 is 106 Å². The number of aliphatic hydroxyl groups excluding tert-OH is 3. The highest BCUT2D eigenvalue weighted by Gasteiger charge is 2.48. The van der Waals surface area contributed by atoms with Gasteiger partial charge in [0.25, 0.3) is 17.7 Å². The molecule has 0 radical (unpaired) electrons. The van der Waals surface area contributed by atoms with Gasteiger partial charge < -0.3 is 75.8 Å². The molecule has 0 bridgehead atoms. The zero-order chi connectivity index (χ0) is 60.5. The number of phenolic OH excluding ortho intramolecular Hbond substituents is 1. The van der Waals surface area contributed by atoms with Crippen molar-refractivity contribution in [3.8, 4) is 11.5 Å². The molecule has 2 aromatic carbocycles. The molecule has 7 amide bonds. The molecule has 6 rings (SSSR count). The molecule has 4 heterocycles. The van der Waals surface area contributed by atoms with Crippen LogP contribution in [0.4, 0.5) is 23.7 Å². The number of carbonyl (C=O) groups excluding carboxylic acids is 8. The molecule has 0 aliphatic carbocycles. The highest BCUT2D eigenvalue weighted by Crippen LogP contribution is 2.31. The molecule has 3 aromatic rings. The summed E-state index contributed by atoms with van der Waals surface area (Å²) in [6.07, 6.45) is -3.15. The van der Waals surface area contributed by atoms with Crippen LogP contribution in [0.2, 0.25) is 0 Å². The summed E-state index contributed by atoms with van der Waals surface area (Å²) in [6.45, 7) is 6.04. The molecular weight excluding hydrogens is 1090 g/mol. The maximum atomic E-state index is 13.5. The molecule has 0 spiro atoms. The molecule has 3 aliphatic heterocycles. The number of piperidine rings is 1. The van der Waals surface area contributed by atoms with E-state index in [0.29, 0.717) is 47.1 Å². The number of alkyl halides is 3. The average molecular weight is 1160 g/mol. The number of carbonyl (C=O) groups is 9. The van der Waals surface area contributed by atoms with Crippen molar-refractivity contribution >= 4 is 65.2 Å². The maximum absolute atomic E-state index is 13.5. The predicted molar refractivity (Wildman–Crippen MR) is 276 cm³/mol. The minimum absolute atomic E-state index is 0.0116. The van der Waals surface area contributed by atoms with Gasteiger partial charge in [-0.25, -0.2) is 14.2 Å². The second-order valence-electron chi connectivity index (χ2n) is 20.1. The number of hydrogen-bond donors (Lipinski definition) is 9. The van der Waals surface area contributed by atoms with Crippen LogP contribution >= 0.6 is 0 Å². The van der Waals surface area contributed by atoms with Crippen molar-refractivity contribution in [3.05, 3.63) is 102 Å². The van der Waals surface area contributed by atoms with E-state index in [2.05, 4.69) is 21.3 Å². The number of halogens is 3. The van der Waals surface area contributed by atoms with Gasteiger partial charge in [0.05, 0.1) is 12.2 Å². The summed E-state index contributed by atoms with van der Waals surface area (Å²) in [5, 5.41) is 69.9. The average Bonchev–Trinajstić information content (AvgIpc) is 3.84. The second-order valence-corrected chi connectivity index (χ2v) is 20.1. The fourth-order valence-corrected chi connectivity index (χ4v) is 8.49. The zero-order valence-electron chi connectivity index (χ0n) is 44.7. The normalized spacial score (nSPS) is 19.6. The summed E-state index contributed by atoms with van der Waals surface area (Å²) >= 11 is 0. The van der Waals surface area contributed by atoms with Gasteiger partial charge in [-0.05, 0) is 94.5 Å². The third-order valence-electron chi connectivity index (χ3n) is 12.6. The Morgan fingerprint density at radius 3 is 2.20 bits per heavy atom. The Balaban J connectivity index is 0.00000165. The van der Waals surface area contributed by atoms with Crippen molar-refractivity contribution in [1.82, 2.24) is 25.8 Å². The molecule has 444 valence electrons. The topological polar surface area (TPSA) is 364 Å². The van der Waals surface area contributed by atoms with Gasteiger partial charge in [0.2, 0.25) is 24.0 Å². The fourth-order valence-electron chi connectivity index (χ4n) is 8.49. The maximum Gasteiger partial charge on any atom is 0.430 e. The first-order valence-corrected chi connectivity index (χ1v) is 25.7. The number of anilines is 1. The number of nitrogens with one attached hydrogen (secondary N) is 4. The Hall–Kier alpha value is -8.47. The summed E-state index contributed by atoms with van der Waals surface area (Å²) in [6, 6.07) is 12.9. The number of phenols is 1. The number of aliphatic carboxylic acids is 2. The molecule has 3 aliphatic rings. The molecule has 1 unspecified atom stereocenters. The minimum atomic E-state index is -5.19. The monoisotopic (exact) mass is 1160 g/mol. The molecule has 1 aromatic heterocycles. The van der Waals surface area contributed by atoms with Gasteiger partial charge in [0.15, 0.2) is 25.0 Å². The highest BCUT2D eigenvalue weighted by molar-refractivity contribution is 6.15. The molecule has 9 N–H and O–H groups in total. The number of rotatable bonds is 21. The number of nitrogens with zero attached hydrogens (tertiary/aromatic N) is 3. The predicted octanol–water partition coefficient (Wildman–Crippen LogP) is 0.413. The van der Waals surface area contributed by atoms with Crippen LogP contribution < -0.4 is 35.7 Å². The van der Waals surface area contributed by atoms with Crippen LogP contribution in [0.15, 0.2) is 85.2 Å². The SMILES string of the molecule is CC(C)(C)OC(=O)NCC(C(=O)NCCC(=O)Nc1cc(C[n+]2cccc(/C=C/C(=O)NCCCCC3CCN(C(=O)c4cccc(O)c4)CC3)c2)ccc1O[C@@H]1O[C@H](C(=O)O)[C@@H](O)[C@H](O)[C@H]1O)N1C(=O)C=CC1=O.O=C([O-])C(F)(F)F. The van der Waals surface area contributed by atoms with Crippen LogP contribution in [0.1, 0.15) is 80.8 Å². The number of aromatic hydroxyl groups is 1. The van der Waals surface area contributed by atoms with Crippen LogP contribution in [0.3, 0.4) is 0 Å². The number of amides is 7. The summed E-state index contributed by atoms with van der Waals surface area (Å²) in [5.74, 6) is -7.77. The van der Waals surface area contributed by atoms with E-state index in [4.69, 9.17) is 24.1 Å². The van der Waals surface area contributed by atoms with Crippen molar-refractivity contribution in [2.45, 2.75) is 114 Å². The number of carboxylic acid groups (broad SMARTS) is 2. The summed E-state index contributed by atoms with van der Waals surface area (Å²) in [4.78, 5) is 113. The van der Waals surface area contributed by atoms with Crippen LogP contribution in [0.5, 0.6) is 11.5 Å². The molecule has 2 fully saturated rings. The van der Waals surface area contributed by atoms with Crippen LogP contribution in [-0.4, -0.2) is 170 Å². The van der Waals surface area contributed by atoms with Crippen molar-refractivity contribution in [2.75, 3.05) is 38.0 Å². The second kappa shape index (κ2) is 29.3. The van der Waals surface area contributed by atoms with Gasteiger partial charge in [0.1, 0.15) is 47.4 Å². The van der Waals surface area contributed by atoms with E-state index in [1.807, 2.05) is 4.90 Å². The standard InChI is InChI=1S/C52H63N7O16.C2HF3O2/c1-52(2,3)75-51(72)55-28-37(59-41(63)16-17-42(59)64)47(68)54-22-18-40(62)56-36-26-33(12-14-38(36)73-50-45(67)43(65)44(66)46(74-50)49(70)71)30-57-23-7-9-32(29-57)13-15-39(61)53-21-5-4-8-31-19-24-58(25-20-31)48(69)34-10-6-11-35(60)27-34;3-2(4,5)1(6)7/h6-7,9-17,23,26-27,29,31,37,43-46,50,65-67H,4-5,8,18-22,24-25,28,30H2,1-3H3,(H5-,53,54,55,56,60,61,62,68,70,71,72);(H,6,7)/b15-13+;/t37?,43-,44-,45+,46-,50+;/m0./s1. The van der Waals surface area contributed by atoms with E-state index >= 15 is 0 Å². The fraction of sp³-hybridized carbons (Fsp3) is 0.444. The third kappa shape index (κ3) is 19.7. The molecule has 2 saturated heterocycles. The first kappa shape index (κ1) is 64.4.